The smallest absolute Gasteiger partial charge is 0.310 e. The van der Waals surface area contributed by atoms with Crippen LogP contribution in [0, 0.1) is 48.3 Å². The number of ketones is 2. The van der Waals surface area contributed by atoms with Gasteiger partial charge in [0.15, 0.2) is 11.6 Å². The molecule has 4 N–H and O–H groups in total. The van der Waals surface area contributed by atoms with Crippen molar-refractivity contribution in [3.63, 3.8) is 0 Å². The molecule has 4 aromatic carbocycles. The highest BCUT2D eigenvalue weighted by Gasteiger charge is 2.64. The van der Waals surface area contributed by atoms with Crippen LogP contribution < -0.4 is 19.3 Å². The van der Waals surface area contributed by atoms with Crippen LogP contribution in [0.3, 0.4) is 0 Å². The molecule has 2 aromatic heterocycles. The maximum atomic E-state index is 14.5. The number of rotatable bonds is 13. The number of ether oxygens (including phenoxy) is 2. The fourth-order valence-corrected chi connectivity index (χ4v) is 18.7. The van der Waals surface area contributed by atoms with E-state index in [1.807, 2.05) is 111 Å². The standard InChI is InChI=1S/C38H45N3O6S2.C34H38N2O5S.C4H9NO2S/c1-25-15-16-30-33(19-25)48-36(39-30)47-29-21-31-32(42)23-38(35(44)40-49(45,46)37(2)17-18-37)22-28(38)14-10-5-3-4-9-13-27(34(43)41(31)24-29)20-26-11-7-6-8-12-26;1-22-14-15-27-30(16-22)42-33(35-27)41-26-18-28-29(37)20-34(32(39)40)19-25(34)13-9-4-2-3-8-12-24(31(38)36(28)21-26)17-23-10-6-5-7-11-23;1-4(2-3-4)8(5,6)7/h6-8,10-12,14-16,19,27-29,31H,3-5,9,13,17-18,20-24H2,1-2H3,(H,40,44);5-7,9-11,13-16,24-26,28H,2-4,8,12,17-21H2,1H3,(H,39,40);2-3H2,1H3,(H2,5,6,7)/b14-10-;13-9-;/t27-,28-,29-,31+,38-;24-,25-,26-,28+,34-;/m11./s1. The number of primary sulfonamides is 1. The Hall–Kier alpha value is -7.18. The molecule has 0 unspecified atom stereocenters. The average molecular weight is 1430 g/mol. The van der Waals surface area contributed by atoms with Gasteiger partial charge in [0.05, 0.1) is 65.9 Å². The molecule has 3 amide bonds. The molecular formula is C76H92N6O13S4. The summed E-state index contributed by atoms with van der Waals surface area (Å²) in [6.45, 7) is 7.91. The summed E-state index contributed by atoms with van der Waals surface area (Å²) in [5.41, 5.74) is 3.91. The van der Waals surface area contributed by atoms with Gasteiger partial charge in [-0.2, -0.15) is 0 Å². The van der Waals surface area contributed by atoms with Gasteiger partial charge in [-0.15, -0.1) is 0 Å². The first-order valence-electron chi connectivity index (χ1n) is 35.2. The molecule has 23 heteroatoms. The van der Waals surface area contributed by atoms with Crippen molar-refractivity contribution >= 4 is 98.4 Å². The molecule has 0 spiro atoms. The number of benzene rings is 4. The number of allylic oxidation sites excluding steroid dienone is 4. The normalized spacial score (nSPS) is 29.0. The molecular weight excluding hydrogens is 1330 g/mol. The number of thiazole rings is 2. The van der Waals surface area contributed by atoms with Crippen LogP contribution in [0.5, 0.6) is 10.4 Å². The molecule has 0 radical (unpaired) electrons. The van der Waals surface area contributed by atoms with Crippen molar-refractivity contribution in [2.75, 3.05) is 13.1 Å². The minimum atomic E-state index is -3.88. The van der Waals surface area contributed by atoms with E-state index in [4.69, 9.17) is 14.6 Å². The maximum Gasteiger partial charge on any atom is 0.310 e. The lowest BCUT2D eigenvalue weighted by molar-refractivity contribution is -0.147. The monoisotopic (exact) mass is 1420 g/mol. The van der Waals surface area contributed by atoms with E-state index in [1.165, 1.54) is 22.7 Å². The molecule has 4 aliphatic heterocycles. The van der Waals surface area contributed by atoms with Gasteiger partial charge in [0, 0.05) is 37.5 Å². The van der Waals surface area contributed by atoms with E-state index in [2.05, 4.69) is 39.0 Å². The first kappa shape index (κ1) is 71.6. The Kier molecular flexibility index (Phi) is 21.3. The second-order valence-corrected chi connectivity index (χ2v) is 35.9. The number of amides is 3. The Morgan fingerprint density at radius 3 is 1.46 bits per heavy atom. The number of nitrogens with one attached hydrogen (secondary N) is 1. The minimum Gasteiger partial charge on any atom is -0.481 e. The van der Waals surface area contributed by atoms with Crippen molar-refractivity contribution in [3.8, 4) is 10.4 Å². The first-order chi connectivity index (χ1) is 47.2. The van der Waals surface area contributed by atoms with Crippen LogP contribution >= 0.6 is 22.7 Å². The summed E-state index contributed by atoms with van der Waals surface area (Å²) in [5.74, 6) is -2.99. The van der Waals surface area contributed by atoms with Crippen LogP contribution in [0.15, 0.2) is 121 Å². The van der Waals surface area contributed by atoms with E-state index in [0.717, 1.165) is 113 Å². The number of carbonyl (C=O) groups is 6. The van der Waals surface area contributed by atoms with Crippen molar-refractivity contribution in [2.45, 2.75) is 203 Å². The van der Waals surface area contributed by atoms with Gasteiger partial charge in [-0.05, 0) is 176 Å². The zero-order valence-corrected chi connectivity index (χ0v) is 60.2. The minimum absolute atomic E-state index is 0.0343. The zero-order valence-electron chi connectivity index (χ0n) is 57.0. The van der Waals surface area contributed by atoms with Crippen LogP contribution in [0.2, 0.25) is 0 Å². The van der Waals surface area contributed by atoms with Crippen molar-refractivity contribution in [1.82, 2.24) is 24.5 Å². The number of aliphatic carboxylic acids is 1. The van der Waals surface area contributed by atoms with Crippen LogP contribution in [0.4, 0.5) is 0 Å². The molecule has 4 saturated carbocycles. The van der Waals surface area contributed by atoms with E-state index < -0.39 is 76.5 Å². The number of Topliss-reactive ketones (excluding diaryl/α,β-unsaturated/α-hetero) is 2. The van der Waals surface area contributed by atoms with Crippen molar-refractivity contribution in [2.24, 2.45) is 39.6 Å². The van der Waals surface area contributed by atoms with Crippen molar-refractivity contribution < 1.29 is 60.2 Å². The first-order valence-corrected chi connectivity index (χ1v) is 39.9. The predicted molar refractivity (Wildman–Crippen MR) is 383 cm³/mol. The number of carbonyl (C=O) groups excluding carboxylic acids is 5. The van der Waals surface area contributed by atoms with Crippen LogP contribution in [-0.2, 0) is 61.7 Å². The molecule has 0 bridgehead atoms. The van der Waals surface area contributed by atoms with Gasteiger partial charge in [0.2, 0.25) is 37.8 Å². The number of carboxylic acids is 1. The fourth-order valence-electron chi connectivity index (χ4n) is 14.7. The molecule has 99 heavy (non-hydrogen) atoms. The topological polar surface area (TPSA) is 280 Å². The molecule has 19 nitrogen and oxygen atoms in total. The molecule has 4 aliphatic carbocycles. The number of hydrogen-bond donors (Lipinski definition) is 3. The van der Waals surface area contributed by atoms with Gasteiger partial charge >= 0.3 is 5.97 Å². The lowest BCUT2D eigenvalue weighted by Crippen LogP contribution is -2.47. The van der Waals surface area contributed by atoms with E-state index in [9.17, 15) is 50.7 Å². The third-order valence-corrected chi connectivity index (χ3v) is 27.7. The average Bonchev–Trinajstić information content (AvgIpc) is 1.57. The summed E-state index contributed by atoms with van der Waals surface area (Å²) < 4.78 is 62.8. The lowest BCUT2D eigenvalue weighted by atomic mass is 9.90. The third kappa shape index (κ3) is 16.6. The van der Waals surface area contributed by atoms with E-state index in [0.29, 0.717) is 68.3 Å². The van der Waals surface area contributed by atoms with Gasteiger partial charge < -0.3 is 24.4 Å². The quantitative estimate of drug-likeness (QED) is 0.0906. The third-order valence-electron chi connectivity index (χ3n) is 21.9. The number of nitrogens with zero attached hydrogens (tertiary/aromatic N) is 4. The SMILES string of the molecule is CC1(S(N)(=O)=O)CC1.Cc1ccc2nc(O[C@@H]3C[C@H]4C(=O)C[C@]5(C(=O)NS(=O)(=O)C6(C)CC6)C[C@H]5/C=C\CCCCC[C@H](Cc5ccccc5)C(=O)N4C3)sc2c1.Cc1ccc2nc(O[C@@H]3C[C@H]4C(=O)C[C@]5(C(=O)O)C[C@H]5/C=C\CCCCC[C@H](Cc5ccccc5)C(=O)N4C3)sc2c1. The summed E-state index contributed by atoms with van der Waals surface area (Å²) in [4.78, 5) is 96.1. The van der Waals surface area contributed by atoms with Crippen LogP contribution in [0.25, 0.3) is 20.4 Å². The number of aromatic nitrogens is 2. The summed E-state index contributed by atoms with van der Waals surface area (Å²) in [6, 6.07) is 30.6. The number of aryl methyl sites for hydroxylation is 2. The largest absolute Gasteiger partial charge is 0.481 e. The van der Waals surface area contributed by atoms with Gasteiger partial charge in [-0.1, -0.05) is 145 Å². The summed E-state index contributed by atoms with van der Waals surface area (Å²) in [6.07, 6.45) is 21.1. The molecule has 6 heterocycles. The van der Waals surface area contributed by atoms with Gasteiger partial charge in [-0.3, -0.25) is 33.5 Å². The molecule has 6 aromatic rings. The molecule has 6 fully saturated rings. The molecule has 528 valence electrons. The Bertz CT molecular complexity index is 4300. The fraction of sp³-hybridized carbons (Fsp3) is 0.526. The number of sulfonamides is 2. The van der Waals surface area contributed by atoms with Gasteiger partial charge in [0.25, 0.3) is 10.4 Å². The van der Waals surface area contributed by atoms with Gasteiger partial charge in [0.1, 0.15) is 12.2 Å². The van der Waals surface area contributed by atoms with E-state index in [-0.39, 0.29) is 72.9 Å². The summed E-state index contributed by atoms with van der Waals surface area (Å²) in [7, 11) is -7.11. The molecule has 14 rings (SSSR count). The van der Waals surface area contributed by atoms with Crippen LogP contribution in [0.1, 0.15) is 165 Å². The number of hydrogen-bond acceptors (Lipinski definition) is 16. The molecule has 2 saturated heterocycles. The van der Waals surface area contributed by atoms with Crippen molar-refractivity contribution in [1.29, 1.82) is 0 Å². The van der Waals surface area contributed by atoms with Crippen LogP contribution in [-0.4, -0.2) is 124 Å². The second-order valence-electron chi connectivity index (χ2n) is 29.7. The molecule has 8 aliphatic rings. The Morgan fingerprint density at radius 2 is 1.04 bits per heavy atom. The summed E-state index contributed by atoms with van der Waals surface area (Å²) in [5, 5.41) is 16.0. The Morgan fingerprint density at radius 1 is 0.606 bits per heavy atom. The lowest BCUT2D eigenvalue weighted by Gasteiger charge is -2.29. The number of carboxylic acid groups (broad SMARTS) is 1. The zero-order chi connectivity index (χ0) is 70.1. The molecule has 10 atom stereocenters. The second kappa shape index (κ2) is 29.4. The predicted octanol–water partition coefficient (Wildman–Crippen LogP) is 12.5. The van der Waals surface area contributed by atoms with Gasteiger partial charge in [-0.25, -0.2) is 31.9 Å². The highest BCUT2D eigenvalue weighted by Crippen LogP contribution is 2.59. The maximum absolute atomic E-state index is 14.5. The highest BCUT2D eigenvalue weighted by atomic mass is 32.2. The number of fused-ring (bicyclic) bond motifs is 6. The Balaban J connectivity index is 0.000000170. The highest BCUT2D eigenvalue weighted by molar-refractivity contribution is 7.91. The number of nitrogens with two attached hydrogens (primary N) is 1. The van der Waals surface area contributed by atoms with Crippen molar-refractivity contribution in [3.05, 3.63) is 144 Å². The Labute approximate surface area is 588 Å². The summed E-state index contributed by atoms with van der Waals surface area (Å²) >= 11 is 2.91. The van der Waals surface area contributed by atoms with E-state index >= 15 is 0 Å². The van der Waals surface area contributed by atoms with E-state index in [1.54, 1.807) is 23.6 Å².